The molecule has 0 radical (unpaired) electrons. The Kier molecular flexibility index (Phi) is 2.00. The van der Waals surface area contributed by atoms with Crippen LogP contribution >= 0.6 is 0 Å². The number of fused-ring (bicyclic) bond motifs is 1. The van der Waals surface area contributed by atoms with Gasteiger partial charge in [-0.1, -0.05) is 19.9 Å². The number of alkyl halides is 3. The number of nitrogens with one attached hydrogen (secondary N) is 1. The molecule has 0 aromatic heterocycles. The van der Waals surface area contributed by atoms with Crippen LogP contribution in [0.4, 0.5) is 18.9 Å². The zero-order valence-electron chi connectivity index (χ0n) is 8.57. The van der Waals surface area contributed by atoms with E-state index in [0.717, 1.165) is 6.07 Å². The quantitative estimate of drug-likeness (QED) is 0.699. The molecule has 0 saturated carbocycles. The van der Waals surface area contributed by atoms with Gasteiger partial charge in [0.1, 0.15) is 0 Å². The Bertz CT molecular complexity index is 393. The van der Waals surface area contributed by atoms with E-state index in [2.05, 4.69) is 5.32 Å². The zero-order valence-corrected chi connectivity index (χ0v) is 8.57. The Morgan fingerprint density at radius 2 is 1.93 bits per heavy atom. The summed E-state index contributed by atoms with van der Waals surface area (Å²) < 4.78 is 38.3. The molecule has 82 valence electrons. The summed E-state index contributed by atoms with van der Waals surface area (Å²) in [5, 5.41) is 3.00. The zero-order chi connectivity index (χ0) is 11.3. The first-order valence-electron chi connectivity index (χ1n) is 4.77. The molecule has 1 N–H and O–H groups in total. The molecule has 2 rings (SSSR count). The van der Waals surface area contributed by atoms with E-state index in [0.29, 0.717) is 17.8 Å². The molecule has 1 aromatic rings. The highest BCUT2D eigenvalue weighted by atomic mass is 19.4. The van der Waals surface area contributed by atoms with E-state index in [1.165, 1.54) is 6.07 Å². The molecule has 0 atom stereocenters. The molecule has 1 aliphatic heterocycles. The lowest BCUT2D eigenvalue weighted by molar-refractivity contribution is -0.138. The summed E-state index contributed by atoms with van der Waals surface area (Å²) >= 11 is 0. The number of rotatable bonds is 0. The van der Waals surface area contributed by atoms with E-state index in [1.54, 1.807) is 6.07 Å². The number of hydrogen-bond acceptors (Lipinski definition) is 1. The van der Waals surface area contributed by atoms with E-state index in [1.807, 2.05) is 13.8 Å². The van der Waals surface area contributed by atoms with Gasteiger partial charge in [0.15, 0.2) is 0 Å². The van der Waals surface area contributed by atoms with Crippen LogP contribution in [0, 0.1) is 0 Å². The second-order valence-electron chi connectivity index (χ2n) is 4.46. The van der Waals surface area contributed by atoms with Crippen molar-refractivity contribution in [3.63, 3.8) is 0 Å². The van der Waals surface area contributed by atoms with E-state index >= 15 is 0 Å². The predicted molar refractivity (Wildman–Crippen MR) is 53.0 cm³/mol. The average Bonchev–Trinajstić information content (AvgIpc) is 2.41. The lowest BCUT2D eigenvalue weighted by atomic mass is 9.83. The largest absolute Gasteiger partial charge is 0.416 e. The molecular formula is C11H12F3N. The number of anilines is 1. The van der Waals surface area contributed by atoms with Crippen molar-refractivity contribution in [2.24, 2.45) is 0 Å². The second kappa shape index (κ2) is 2.90. The molecule has 0 unspecified atom stereocenters. The molecule has 0 spiro atoms. The Morgan fingerprint density at radius 1 is 1.27 bits per heavy atom. The molecule has 4 heteroatoms. The third-order valence-corrected chi connectivity index (χ3v) is 2.77. The first-order valence-corrected chi connectivity index (χ1v) is 4.77. The van der Waals surface area contributed by atoms with Crippen molar-refractivity contribution in [2.75, 3.05) is 11.9 Å². The molecule has 1 nitrogen and oxygen atoms in total. The Labute approximate surface area is 86.3 Å². The summed E-state index contributed by atoms with van der Waals surface area (Å²) in [5.41, 5.74) is 0.0175. The van der Waals surface area contributed by atoms with Crippen molar-refractivity contribution in [1.29, 1.82) is 0 Å². The van der Waals surface area contributed by atoms with Gasteiger partial charge in [-0.2, -0.15) is 13.2 Å². The van der Waals surface area contributed by atoms with E-state index in [-0.39, 0.29) is 0 Å². The van der Waals surface area contributed by atoms with Crippen molar-refractivity contribution in [2.45, 2.75) is 25.4 Å². The van der Waals surface area contributed by atoms with Crippen molar-refractivity contribution in [3.8, 4) is 0 Å². The fraction of sp³-hybridized carbons (Fsp3) is 0.455. The average molecular weight is 215 g/mol. The van der Waals surface area contributed by atoms with Crippen LogP contribution in [-0.2, 0) is 11.6 Å². The third kappa shape index (κ3) is 1.58. The summed E-state index contributed by atoms with van der Waals surface area (Å²) in [6.07, 6.45) is -4.27. The first-order chi connectivity index (χ1) is 6.82. The van der Waals surface area contributed by atoms with Crippen LogP contribution < -0.4 is 5.32 Å². The topological polar surface area (TPSA) is 12.0 Å². The van der Waals surface area contributed by atoms with Gasteiger partial charge in [0, 0.05) is 17.6 Å². The van der Waals surface area contributed by atoms with Gasteiger partial charge < -0.3 is 5.32 Å². The molecule has 0 amide bonds. The Morgan fingerprint density at radius 3 is 2.53 bits per heavy atom. The SMILES string of the molecule is CC1(C)CNc2cccc(C(F)(F)F)c21. The molecule has 0 fully saturated rings. The predicted octanol–water partition coefficient (Wildman–Crippen LogP) is 3.41. The van der Waals surface area contributed by atoms with E-state index in [9.17, 15) is 13.2 Å². The van der Waals surface area contributed by atoms with Crippen molar-refractivity contribution >= 4 is 5.69 Å². The van der Waals surface area contributed by atoms with Gasteiger partial charge in [0.05, 0.1) is 5.56 Å². The molecule has 1 aromatic carbocycles. The fourth-order valence-electron chi connectivity index (χ4n) is 2.07. The lowest BCUT2D eigenvalue weighted by Gasteiger charge is -2.21. The monoisotopic (exact) mass is 215 g/mol. The molecule has 1 aliphatic rings. The minimum atomic E-state index is -4.27. The van der Waals surface area contributed by atoms with Crippen LogP contribution in [0.25, 0.3) is 0 Å². The summed E-state index contributed by atoms with van der Waals surface area (Å²) in [5.74, 6) is 0. The normalized spacial score (nSPS) is 18.5. The Hall–Kier alpha value is -1.19. The van der Waals surface area contributed by atoms with Gasteiger partial charge in [0.25, 0.3) is 0 Å². The standard InChI is InChI=1S/C11H12F3N/c1-10(2)6-15-8-5-3-4-7(9(8)10)11(12,13)14/h3-5,15H,6H2,1-2H3. The second-order valence-corrected chi connectivity index (χ2v) is 4.46. The highest BCUT2D eigenvalue weighted by Crippen LogP contribution is 2.44. The number of hydrogen-bond donors (Lipinski definition) is 1. The summed E-state index contributed by atoms with van der Waals surface area (Å²) in [7, 11) is 0. The minimum Gasteiger partial charge on any atom is -0.384 e. The van der Waals surface area contributed by atoms with Gasteiger partial charge in [-0.15, -0.1) is 0 Å². The van der Waals surface area contributed by atoms with Crippen molar-refractivity contribution in [1.82, 2.24) is 0 Å². The van der Waals surface area contributed by atoms with Gasteiger partial charge in [-0.3, -0.25) is 0 Å². The van der Waals surface area contributed by atoms with E-state index in [4.69, 9.17) is 0 Å². The van der Waals surface area contributed by atoms with Crippen LogP contribution in [0.3, 0.4) is 0 Å². The molecule has 1 heterocycles. The lowest BCUT2D eigenvalue weighted by Crippen LogP contribution is -2.22. The maximum atomic E-state index is 12.8. The van der Waals surface area contributed by atoms with Crippen LogP contribution in [0.5, 0.6) is 0 Å². The Balaban J connectivity index is 2.65. The number of halogens is 3. The summed E-state index contributed by atoms with van der Waals surface area (Å²) in [4.78, 5) is 0. The smallest absolute Gasteiger partial charge is 0.384 e. The molecule has 0 bridgehead atoms. The van der Waals surface area contributed by atoms with Crippen molar-refractivity contribution < 1.29 is 13.2 Å². The highest BCUT2D eigenvalue weighted by Gasteiger charge is 2.41. The number of benzene rings is 1. The van der Waals surface area contributed by atoms with Crippen LogP contribution in [0.15, 0.2) is 18.2 Å². The van der Waals surface area contributed by atoms with Gasteiger partial charge >= 0.3 is 6.18 Å². The maximum Gasteiger partial charge on any atom is 0.416 e. The summed E-state index contributed by atoms with van der Waals surface area (Å²) in [6, 6.07) is 4.28. The van der Waals surface area contributed by atoms with Gasteiger partial charge in [-0.05, 0) is 17.7 Å². The fourth-order valence-corrected chi connectivity index (χ4v) is 2.07. The third-order valence-electron chi connectivity index (χ3n) is 2.77. The first kappa shape index (κ1) is 10.3. The molecule has 0 aliphatic carbocycles. The summed E-state index contributed by atoms with van der Waals surface area (Å²) in [6.45, 7) is 4.19. The van der Waals surface area contributed by atoms with Crippen molar-refractivity contribution in [3.05, 3.63) is 29.3 Å². The molecule has 0 saturated heterocycles. The molecular weight excluding hydrogens is 203 g/mol. The van der Waals surface area contributed by atoms with Gasteiger partial charge in [0.2, 0.25) is 0 Å². The van der Waals surface area contributed by atoms with Gasteiger partial charge in [-0.25, -0.2) is 0 Å². The van der Waals surface area contributed by atoms with Crippen LogP contribution in [0.2, 0.25) is 0 Å². The molecule has 15 heavy (non-hydrogen) atoms. The van der Waals surface area contributed by atoms with E-state index < -0.39 is 17.2 Å². The maximum absolute atomic E-state index is 12.8. The highest BCUT2D eigenvalue weighted by molar-refractivity contribution is 5.63. The van der Waals surface area contributed by atoms with Crippen LogP contribution in [-0.4, -0.2) is 6.54 Å². The minimum absolute atomic E-state index is 0.387. The van der Waals surface area contributed by atoms with Crippen LogP contribution in [0.1, 0.15) is 25.0 Å².